The molecule has 6 nitrogen and oxygen atoms in total. The predicted octanol–water partition coefficient (Wildman–Crippen LogP) is 2.03. The Bertz CT molecular complexity index is 686. The fraction of sp³-hybridized carbons (Fsp3) is 0.353. The van der Waals surface area contributed by atoms with Gasteiger partial charge in [0, 0.05) is 18.8 Å². The molecule has 0 bridgehead atoms. The molecule has 1 aromatic heterocycles. The third-order valence-corrected chi connectivity index (χ3v) is 3.67. The van der Waals surface area contributed by atoms with Gasteiger partial charge in [0.15, 0.2) is 0 Å². The highest BCUT2D eigenvalue weighted by atomic mass is 16.5. The minimum absolute atomic E-state index is 0.193. The molecule has 1 amide bonds. The molecule has 1 aromatic carbocycles. The van der Waals surface area contributed by atoms with Gasteiger partial charge in [0.2, 0.25) is 5.95 Å². The molecule has 1 heterocycles. The average molecular weight is 312 g/mol. The van der Waals surface area contributed by atoms with Crippen molar-refractivity contribution in [1.82, 2.24) is 15.3 Å². The number of hydrogen-bond acceptors (Lipinski definition) is 5. The zero-order valence-corrected chi connectivity index (χ0v) is 13.1. The topological polar surface area (TPSA) is 76.1 Å². The average Bonchev–Trinajstić information content (AvgIpc) is 3.39. The second kappa shape index (κ2) is 7.09. The molecule has 3 rings (SSSR count). The highest BCUT2D eigenvalue weighted by Gasteiger charge is 2.22. The number of aromatic nitrogens is 2. The number of ether oxygens (including phenoxy) is 1. The van der Waals surface area contributed by atoms with Crippen molar-refractivity contribution in [1.29, 1.82) is 0 Å². The Morgan fingerprint density at radius 2 is 2.13 bits per heavy atom. The highest BCUT2D eigenvalue weighted by Crippen LogP contribution is 2.22. The molecule has 2 aromatic rings. The second-order valence-corrected chi connectivity index (χ2v) is 5.50. The molecule has 1 aliphatic rings. The number of carbonyl (C=O) groups is 1. The molecule has 0 saturated heterocycles. The summed E-state index contributed by atoms with van der Waals surface area (Å²) in [6.07, 6.45) is 4.58. The monoisotopic (exact) mass is 312 g/mol. The Labute approximate surface area is 135 Å². The molecular weight excluding hydrogens is 292 g/mol. The van der Waals surface area contributed by atoms with E-state index in [9.17, 15) is 4.79 Å². The number of nitrogens with one attached hydrogen (secondary N) is 2. The first-order valence-corrected chi connectivity index (χ1v) is 7.76. The lowest BCUT2D eigenvalue weighted by Gasteiger charge is -2.09. The van der Waals surface area contributed by atoms with E-state index in [4.69, 9.17) is 4.74 Å². The van der Waals surface area contributed by atoms with Crippen LogP contribution in [0.25, 0.3) is 0 Å². The van der Waals surface area contributed by atoms with Crippen molar-refractivity contribution < 1.29 is 9.53 Å². The fourth-order valence-electron chi connectivity index (χ4n) is 2.28. The molecule has 2 N–H and O–H groups in total. The van der Waals surface area contributed by atoms with Crippen molar-refractivity contribution >= 4 is 11.9 Å². The third-order valence-electron chi connectivity index (χ3n) is 3.67. The van der Waals surface area contributed by atoms with Crippen LogP contribution in [0.1, 0.15) is 28.9 Å². The van der Waals surface area contributed by atoms with Crippen molar-refractivity contribution in [3.63, 3.8) is 0 Å². The van der Waals surface area contributed by atoms with Gasteiger partial charge in [-0.15, -0.1) is 0 Å². The standard InChI is InChI=1S/C17H20N4O2/c1-23-15-5-3-2-4-12(15)8-10-18-16(22)14-9-11-19-17(21-14)20-13-6-7-13/h2-5,9,11,13H,6-8,10H2,1H3,(H,18,22)(H,19,20,21). The summed E-state index contributed by atoms with van der Waals surface area (Å²) in [7, 11) is 1.65. The van der Waals surface area contributed by atoms with E-state index in [0.29, 0.717) is 30.6 Å². The summed E-state index contributed by atoms with van der Waals surface area (Å²) < 4.78 is 5.30. The molecule has 120 valence electrons. The first kappa shape index (κ1) is 15.3. The number of para-hydroxylation sites is 1. The van der Waals surface area contributed by atoms with E-state index in [1.54, 1.807) is 19.4 Å². The molecule has 0 radical (unpaired) electrons. The molecule has 0 atom stereocenters. The van der Waals surface area contributed by atoms with E-state index < -0.39 is 0 Å². The normalized spacial score (nSPS) is 13.4. The number of rotatable bonds is 7. The van der Waals surface area contributed by atoms with Crippen LogP contribution >= 0.6 is 0 Å². The zero-order chi connectivity index (χ0) is 16.1. The Morgan fingerprint density at radius 3 is 2.91 bits per heavy atom. The van der Waals surface area contributed by atoms with Gasteiger partial charge in [0.1, 0.15) is 11.4 Å². The predicted molar refractivity (Wildman–Crippen MR) is 87.7 cm³/mol. The van der Waals surface area contributed by atoms with Gasteiger partial charge in [-0.1, -0.05) is 18.2 Å². The third kappa shape index (κ3) is 4.18. The molecule has 1 saturated carbocycles. The number of hydrogen-bond donors (Lipinski definition) is 2. The summed E-state index contributed by atoms with van der Waals surface area (Å²) in [6.45, 7) is 0.522. The molecule has 1 aliphatic carbocycles. The smallest absolute Gasteiger partial charge is 0.270 e. The molecule has 0 unspecified atom stereocenters. The van der Waals surface area contributed by atoms with Crippen molar-refractivity contribution in [2.24, 2.45) is 0 Å². The Hall–Kier alpha value is -2.63. The molecule has 6 heteroatoms. The minimum atomic E-state index is -0.193. The number of anilines is 1. The van der Waals surface area contributed by atoms with Crippen molar-refractivity contribution in [2.75, 3.05) is 19.0 Å². The number of methoxy groups -OCH3 is 1. The van der Waals surface area contributed by atoms with E-state index in [-0.39, 0.29) is 5.91 Å². The van der Waals surface area contributed by atoms with Gasteiger partial charge in [-0.25, -0.2) is 9.97 Å². The Morgan fingerprint density at radius 1 is 1.30 bits per heavy atom. The summed E-state index contributed by atoms with van der Waals surface area (Å²) in [5.74, 6) is 1.16. The van der Waals surface area contributed by atoms with Crippen LogP contribution in [0.2, 0.25) is 0 Å². The van der Waals surface area contributed by atoms with E-state index in [1.807, 2.05) is 24.3 Å². The van der Waals surface area contributed by atoms with Gasteiger partial charge in [-0.3, -0.25) is 4.79 Å². The van der Waals surface area contributed by atoms with E-state index in [2.05, 4.69) is 20.6 Å². The van der Waals surface area contributed by atoms with E-state index in [1.165, 1.54) is 0 Å². The van der Waals surface area contributed by atoms with Gasteiger partial charge in [0.05, 0.1) is 7.11 Å². The molecule has 0 aliphatic heterocycles. The van der Waals surface area contributed by atoms with Crippen LogP contribution in [0.4, 0.5) is 5.95 Å². The lowest BCUT2D eigenvalue weighted by Crippen LogP contribution is -2.27. The van der Waals surface area contributed by atoms with E-state index >= 15 is 0 Å². The van der Waals surface area contributed by atoms with Crippen molar-refractivity contribution in [2.45, 2.75) is 25.3 Å². The van der Waals surface area contributed by atoms with E-state index in [0.717, 1.165) is 24.2 Å². The van der Waals surface area contributed by atoms with Gasteiger partial charge in [-0.2, -0.15) is 0 Å². The quantitative estimate of drug-likeness (QED) is 0.818. The number of benzene rings is 1. The number of nitrogens with zero attached hydrogens (tertiary/aromatic N) is 2. The summed E-state index contributed by atoms with van der Waals surface area (Å²) >= 11 is 0. The Kier molecular flexibility index (Phi) is 4.71. The maximum atomic E-state index is 12.2. The number of amides is 1. The fourth-order valence-corrected chi connectivity index (χ4v) is 2.28. The van der Waals surface area contributed by atoms with Crippen LogP contribution < -0.4 is 15.4 Å². The van der Waals surface area contributed by atoms with Crippen molar-refractivity contribution in [3.8, 4) is 5.75 Å². The Balaban J connectivity index is 1.54. The van der Waals surface area contributed by atoms with Gasteiger partial charge < -0.3 is 15.4 Å². The first-order chi connectivity index (χ1) is 11.3. The minimum Gasteiger partial charge on any atom is -0.496 e. The largest absolute Gasteiger partial charge is 0.496 e. The van der Waals surface area contributed by atoms with Gasteiger partial charge in [0.25, 0.3) is 5.91 Å². The van der Waals surface area contributed by atoms with Gasteiger partial charge >= 0.3 is 0 Å². The second-order valence-electron chi connectivity index (χ2n) is 5.50. The molecule has 1 fully saturated rings. The molecule has 0 spiro atoms. The highest BCUT2D eigenvalue weighted by molar-refractivity contribution is 5.92. The molecular formula is C17H20N4O2. The van der Waals surface area contributed by atoms with Crippen LogP contribution in [0.5, 0.6) is 5.75 Å². The summed E-state index contributed by atoms with van der Waals surface area (Å²) in [5, 5.41) is 6.07. The molecule has 23 heavy (non-hydrogen) atoms. The van der Waals surface area contributed by atoms with Crippen molar-refractivity contribution in [3.05, 3.63) is 47.8 Å². The van der Waals surface area contributed by atoms with Crippen LogP contribution in [0.15, 0.2) is 36.5 Å². The van der Waals surface area contributed by atoms with Crippen LogP contribution in [0, 0.1) is 0 Å². The first-order valence-electron chi connectivity index (χ1n) is 7.76. The van der Waals surface area contributed by atoms with Crippen LogP contribution in [-0.4, -0.2) is 35.6 Å². The van der Waals surface area contributed by atoms with Crippen LogP contribution in [-0.2, 0) is 6.42 Å². The maximum Gasteiger partial charge on any atom is 0.270 e. The SMILES string of the molecule is COc1ccccc1CCNC(=O)c1ccnc(NC2CC2)n1. The number of carbonyl (C=O) groups excluding carboxylic acids is 1. The zero-order valence-electron chi connectivity index (χ0n) is 13.1. The van der Waals surface area contributed by atoms with Gasteiger partial charge in [-0.05, 0) is 37.0 Å². The summed E-state index contributed by atoms with van der Waals surface area (Å²) in [6, 6.07) is 9.87. The maximum absolute atomic E-state index is 12.2. The summed E-state index contributed by atoms with van der Waals surface area (Å²) in [4.78, 5) is 20.6. The lowest BCUT2D eigenvalue weighted by molar-refractivity contribution is 0.0949. The lowest BCUT2D eigenvalue weighted by atomic mass is 10.1. The van der Waals surface area contributed by atoms with Crippen LogP contribution in [0.3, 0.4) is 0 Å². The summed E-state index contributed by atoms with van der Waals surface area (Å²) in [5.41, 5.74) is 1.44.